The van der Waals surface area contributed by atoms with Crippen LogP contribution in [0.2, 0.25) is 0 Å². The second kappa shape index (κ2) is 6.58. The molecule has 2 fully saturated rings. The molecule has 1 N–H and O–H groups in total. The standard InChI is InChI=1S/C17H32O2/c1-4-16(18)12-19-17(2,3)15-10-9-13-7-5-6-8-14(13)11-15/h13-16,18H,4-12H2,1-3H3. The molecule has 2 aliphatic rings. The molecule has 0 aromatic heterocycles. The first-order valence-corrected chi connectivity index (χ1v) is 8.35. The number of fused-ring (bicyclic) bond motifs is 1. The molecule has 2 heteroatoms. The van der Waals surface area contributed by atoms with Gasteiger partial charge in [-0.2, -0.15) is 0 Å². The quantitative estimate of drug-likeness (QED) is 0.811. The van der Waals surface area contributed by atoms with E-state index in [0.717, 1.165) is 18.3 Å². The lowest BCUT2D eigenvalue weighted by Crippen LogP contribution is -2.42. The fourth-order valence-corrected chi connectivity index (χ4v) is 4.05. The lowest BCUT2D eigenvalue weighted by Gasteiger charge is -2.45. The molecule has 2 rings (SSSR count). The minimum absolute atomic E-state index is 0.0709. The summed E-state index contributed by atoms with van der Waals surface area (Å²) >= 11 is 0. The van der Waals surface area contributed by atoms with Crippen LogP contribution in [0.15, 0.2) is 0 Å². The monoisotopic (exact) mass is 268 g/mol. The van der Waals surface area contributed by atoms with E-state index in [-0.39, 0.29) is 11.7 Å². The first kappa shape index (κ1) is 15.3. The Morgan fingerprint density at radius 3 is 2.47 bits per heavy atom. The van der Waals surface area contributed by atoms with E-state index in [0.29, 0.717) is 12.5 Å². The zero-order valence-corrected chi connectivity index (χ0v) is 13.0. The molecule has 112 valence electrons. The number of hydrogen-bond donors (Lipinski definition) is 1. The molecule has 4 atom stereocenters. The highest BCUT2D eigenvalue weighted by Gasteiger charge is 2.39. The van der Waals surface area contributed by atoms with Gasteiger partial charge in [0.1, 0.15) is 0 Å². The Morgan fingerprint density at radius 2 is 1.79 bits per heavy atom. The third-order valence-corrected chi connectivity index (χ3v) is 5.64. The highest BCUT2D eigenvalue weighted by Crippen LogP contribution is 2.46. The van der Waals surface area contributed by atoms with Crippen molar-refractivity contribution in [2.24, 2.45) is 17.8 Å². The SMILES string of the molecule is CCC(O)COC(C)(C)C1CCC2CCCCC2C1. The van der Waals surface area contributed by atoms with Crippen molar-refractivity contribution in [3.63, 3.8) is 0 Å². The molecule has 4 unspecified atom stereocenters. The molecular formula is C17H32O2. The Bertz CT molecular complexity index is 274. The van der Waals surface area contributed by atoms with Gasteiger partial charge in [-0.1, -0.05) is 32.6 Å². The van der Waals surface area contributed by atoms with Gasteiger partial charge in [-0.25, -0.2) is 0 Å². The third-order valence-electron chi connectivity index (χ3n) is 5.64. The molecule has 0 spiro atoms. The molecule has 0 radical (unpaired) electrons. The summed E-state index contributed by atoms with van der Waals surface area (Å²) in [5.74, 6) is 2.63. The maximum Gasteiger partial charge on any atom is 0.0771 e. The Hall–Kier alpha value is -0.0800. The summed E-state index contributed by atoms with van der Waals surface area (Å²) in [6, 6.07) is 0. The van der Waals surface area contributed by atoms with E-state index in [1.165, 1.54) is 44.9 Å². The molecule has 0 heterocycles. The maximum absolute atomic E-state index is 9.68. The molecule has 2 nitrogen and oxygen atoms in total. The van der Waals surface area contributed by atoms with E-state index in [1.54, 1.807) is 0 Å². The first-order chi connectivity index (χ1) is 9.03. The molecule has 2 aliphatic carbocycles. The Labute approximate surface area is 118 Å². The molecule has 0 aromatic carbocycles. The van der Waals surface area contributed by atoms with Gasteiger partial charge in [0.15, 0.2) is 0 Å². The summed E-state index contributed by atoms with van der Waals surface area (Å²) in [7, 11) is 0. The number of rotatable bonds is 5. The minimum atomic E-state index is -0.301. The molecule has 2 saturated carbocycles. The van der Waals surface area contributed by atoms with Gasteiger partial charge in [0.25, 0.3) is 0 Å². The zero-order valence-electron chi connectivity index (χ0n) is 13.0. The van der Waals surface area contributed by atoms with E-state index in [9.17, 15) is 5.11 Å². The smallest absolute Gasteiger partial charge is 0.0771 e. The van der Waals surface area contributed by atoms with Crippen molar-refractivity contribution in [3.8, 4) is 0 Å². The predicted molar refractivity (Wildman–Crippen MR) is 79.1 cm³/mol. The lowest BCUT2D eigenvalue weighted by molar-refractivity contribution is -0.108. The Kier molecular flexibility index (Phi) is 5.30. The van der Waals surface area contributed by atoms with Crippen LogP contribution < -0.4 is 0 Å². The molecule has 0 amide bonds. The molecule has 0 saturated heterocycles. The van der Waals surface area contributed by atoms with Crippen molar-refractivity contribution in [1.29, 1.82) is 0 Å². The van der Waals surface area contributed by atoms with Crippen LogP contribution >= 0.6 is 0 Å². The number of aliphatic hydroxyl groups excluding tert-OH is 1. The summed E-state index contributed by atoms with van der Waals surface area (Å²) in [6.07, 6.45) is 10.3. The average molecular weight is 268 g/mol. The Balaban J connectivity index is 1.86. The van der Waals surface area contributed by atoms with Gasteiger partial charge in [-0.3, -0.25) is 0 Å². The van der Waals surface area contributed by atoms with Crippen LogP contribution in [0.1, 0.15) is 72.1 Å². The van der Waals surface area contributed by atoms with Gasteiger partial charge in [0, 0.05) is 0 Å². The van der Waals surface area contributed by atoms with Crippen molar-refractivity contribution in [2.75, 3.05) is 6.61 Å². The highest BCUT2D eigenvalue weighted by atomic mass is 16.5. The fourth-order valence-electron chi connectivity index (χ4n) is 4.05. The minimum Gasteiger partial charge on any atom is -0.391 e. The van der Waals surface area contributed by atoms with E-state index in [2.05, 4.69) is 13.8 Å². The Morgan fingerprint density at radius 1 is 1.11 bits per heavy atom. The second-order valence-electron chi connectivity index (χ2n) is 7.29. The van der Waals surface area contributed by atoms with Crippen molar-refractivity contribution in [1.82, 2.24) is 0 Å². The predicted octanol–water partition coefficient (Wildman–Crippen LogP) is 4.16. The first-order valence-electron chi connectivity index (χ1n) is 8.35. The van der Waals surface area contributed by atoms with E-state index in [4.69, 9.17) is 4.74 Å². The number of aliphatic hydroxyl groups is 1. The van der Waals surface area contributed by atoms with Crippen molar-refractivity contribution < 1.29 is 9.84 Å². The van der Waals surface area contributed by atoms with Gasteiger partial charge in [0.2, 0.25) is 0 Å². The van der Waals surface area contributed by atoms with Gasteiger partial charge >= 0.3 is 0 Å². The molecular weight excluding hydrogens is 236 g/mol. The van der Waals surface area contributed by atoms with Crippen LogP contribution in [0.4, 0.5) is 0 Å². The molecule has 0 aliphatic heterocycles. The molecule has 0 bridgehead atoms. The summed E-state index contributed by atoms with van der Waals surface area (Å²) in [4.78, 5) is 0. The summed E-state index contributed by atoms with van der Waals surface area (Å²) in [5, 5.41) is 9.68. The highest BCUT2D eigenvalue weighted by molar-refractivity contribution is 4.90. The molecule has 0 aromatic rings. The fraction of sp³-hybridized carbons (Fsp3) is 1.00. The van der Waals surface area contributed by atoms with Crippen LogP contribution in [0, 0.1) is 17.8 Å². The van der Waals surface area contributed by atoms with Crippen LogP contribution in [0.3, 0.4) is 0 Å². The summed E-state index contributed by atoms with van der Waals surface area (Å²) < 4.78 is 6.05. The maximum atomic E-state index is 9.68. The summed E-state index contributed by atoms with van der Waals surface area (Å²) in [5.41, 5.74) is -0.0709. The average Bonchev–Trinajstić information content (AvgIpc) is 2.44. The van der Waals surface area contributed by atoms with E-state index >= 15 is 0 Å². The number of ether oxygens (including phenoxy) is 1. The topological polar surface area (TPSA) is 29.5 Å². The van der Waals surface area contributed by atoms with Crippen LogP contribution in [0.5, 0.6) is 0 Å². The van der Waals surface area contributed by atoms with Crippen LogP contribution in [-0.2, 0) is 4.74 Å². The second-order valence-corrected chi connectivity index (χ2v) is 7.29. The van der Waals surface area contributed by atoms with E-state index in [1.807, 2.05) is 6.92 Å². The largest absolute Gasteiger partial charge is 0.391 e. The van der Waals surface area contributed by atoms with Gasteiger partial charge in [-0.05, 0) is 57.3 Å². The molecule has 19 heavy (non-hydrogen) atoms. The van der Waals surface area contributed by atoms with Crippen molar-refractivity contribution >= 4 is 0 Å². The summed E-state index contributed by atoms with van der Waals surface area (Å²) in [6.45, 7) is 6.95. The third kappa shape index (κ3) is 3.95. The van der Waals surface area contributed by atoms with Crippen LogP contribution in [-0.4, -0.2) is 23.4 Å². The number of hydrogen-bond acceptors (Lipinski definition) is 2. The van der Waals surface area contributed by atoms with Gasteiger partial charge in [-0.15, -0.1) is 0 Å². The van der Waals surface area contributed by atoms with Gasteiger partial charge in [0.05, 0.1) is 18.3 Å². The van der Waals surface area contributed by atoms with Crippen molar-refractivity contribution in [2.45, 2.75) is 83.8 Å². The van der Waals surface area contributed by atoms with Gasteiger partial charge < -0.3 is 9.84 Å². The normalized spacial score (nSPS) is 33.8. The van der Waals surface area contributed by atoms with E-state index < -0.39 is 0 Å². The lowest BCUT2D eigenvalue weighted by atomic mass is 9.64. The van der Waals surface area contributed by atoms with Crippen molar-refractivity contribution in [3.05, 3.63) is 0 Å². The van der Waals surface area contributed by atoms with Crippen LogP contribution in [0.25, 0.3) is 0 Å². The zero-order chi connectivity index (χ0) is 13.9.